The van der Waals surface area contributed by atoms with Gasteiger partial charge in [0.25, 0.3) is 5.95 Å². The average Bonchev–Trinajstić information content (AvgIpc) is 3.23. The van der Waals surface area contributed by atoms with Gasteiger partial charge in [-0.05, 0) is 53.7 Å². The summed E-state index contributed by atoms with van der Waals surface area (Å²) in [5, 5.41) is 15.5. The second-order valence-electron chi connectivity index (χ2n) is 5.49. The maximum atomic E-state index is 12.1. The van der Waals surface area contributed by atoms with Crippen LogP contribution in [0, 0.1) is 0 Å². The van der Waals surface area contributed by atoms with E-state index < -0.39 is 0 Å². The Morgan fingerprint density at radius 2 is 2.08 bits per heavy atom. The standard InChI is InChI=1S/C15H18BrN7OS/c16-11-7-3-4-8-12(11)18-13(24)9-25-15-22-21-14(23(15)17)20-19-10-5-1-2-6-10/h3-4,7-8H,1-2,5-6,9,17H2,(H,18,24)(H,20,21). The van der Waals surface area contributed by atoms with E-state index in [2.05, 4.69) is 42.0 Å². The number of anilines is 2. The Hall–Kier alpha value is -2.07. The fourth-order valence-electron chi connectivity index (χ4n) is 2.35. The van der Waals surface area contributed by atoms with Crippen molar-refractivity contribution in [2.45, 2.75) is 30.8 Å². The largest absolute Gasteiger partial charge is 0.334 e. The van der Waals surface area contributed by atoms with Crippen molar-refractivity contribution in [3.05, 3.63) is 28.7 Å². The molecule has 0 atom stereocenters. The second kappa shape index (κ2) is 8.34. The van der Waals surface area contributed by atoms with Crippen LogP contribution in [-0.4, -0.2) is 32.2 Å². The third-order valence-electron chi connectivity index (χ3n) is 3.64. The molecular formula is C15H18BrN7OS. The van der Waals surface area contributed by atoms with Gasteiger partial charge in [0.1, 0.15) is 0 Å². The Labute approximate surface area is 157 Å². The number of hydrogen-bond acceptors (Lipinski definition) is 7. The Morgan fingerprint density at radius 3 is 2.84 bits per heavy atom. The smallest absolute Gasteiger partial charge is 0.264 e. The zero-order chi connectivity index (χ0) is 17.6. The second-order valence-corrected chi connectivity index (χ2v) is 7.29. The van der Waals surface area contributed by atoms with Gasteiger partial charge >= 0.3 is 0 Å². The summed E-state index contributed by atoms with van der Waals surface area (Å²) in [7, 11) is 0. The van der Waals surface area contributed by atoms with Crippen molar-refractivity contribution in [1.82, 2.24) is 14.9 Å². The Bertz CT molecular complexity index is 784. The van der Waals surface area contributed by atoms with Gasteiger partial charge in [-0.1, -0.05) is 23.9 Å². The summed E-state index contributed by atoms with van der Waals surface area (Å²) in [4.78, 5) is 12.1. The molecule has 0 saturated heterocycles. The molecule has 1 aliphatic rings. The van der Waals surface area contributed by atoms with E-state index in [1.165, 1.54) is 29.3 Å². The summed E-state index contributed by atoms with van der Waals surface area (Å²) >= 11 is 4.60. The highest BCUT2D eigenvalue weighted by atomic mass is 79.9. The summed E-state index contributed by atoms with van der Waals surface area (Å²) in [6, 6.07) is 7.42. The first-order valence-corrected chi connectivity index (χ1v) is 9.60. The van der Waals surface area contributed by atoms with Gasteiger partial charge < -0.3 is 11.2 Å². The zero-order valence-electron chi connectivity index (χ0n) is 13.4. The molecule has 25 heavy (non-hydrogen) atoms. The lowest BCUT2D eigenvalue weighted by Crippen LogP contribution is -2.17. The van der Waals surface area contributed by atoms with Gasteiger partial charge in [-0.2, -0.15) is 5.10 Å². The molecule has 0 bridgehead atoms. The third kappa shape index (κ3) is 4.73. The van der Waals surface area contributed by atoms with Crippen LogP contribution in [0.2, 0.25) is 0 Å². The molecule has 132 valence electrons. The topological polar surface area (TPSA) is 110 Å². The van der Waals surface area contributed by atoms with Crippen molar-refractivity contribution >= 4 is 50.9 Å². The number of nitrogens with zero attached hydrogens (tertiary/aromatic N) is 4. The predicted molar refractivity (Wildman–Crippen MR) is 103 cm³/mol. The zero-order valence-corrected chi connectivity index (χ0v) is 15.8. The van der Waals surface area contributed by atoms with Gasteiger partial charge in [-0.25, -0.2) is 10.1 Å². The number of hydrogen-bond donors (Lipinski definition) is 3. The van der Waals surface area contributed by atoms with Crippen LogP contribution >= 0.6 is 27.7 Å². The highest BCUT2D eigenvalue weighted by Crippen LogP contribution is 2.22. The normalized spacial score (nSPS) is 13.7. The van der Waals surface area contributed by atoms with Crippen LogP contribution < -0.4 is 16.6 Å². The Morgan fingerprint density at radius 1 is 1.32 bits per heavy atom. The molecule has 1 fully saturated rings. The number of carbonyl (C=O) groups excluding carboxylic acids is 1. The molecule has 4 N–H and O–H groups in total. The van der Waals surface area contributed by atoms with Crippen molar-refractivity contribution in [2.24, 2.45) is 5.10 Å². The van der Waals surface area contributed by atoms with E-state index in [1.807, 2.05) is 24.3 Å². The monoisotopic (exact) mass is 423 g/mol. The van der Waals surface area contributed by atoms with Crippen molar-refractivity contribution in [3.63, 3.8) is 0 Å². The minimum atomic E-state index is -0.152. The van der Waals surface area contributed by atoms with Crippen molar-refractivity contribution in [3.8, 4) is 0 Å². The number of para-hydroxylation sites is 1. The van der Waals surface area contributed by atoms with Crippen LogP contribution in [0.5, 0.6) is 0 Å². The fraction of sp³-hybridized carbons (Fsp3) is 0.333. The summed E-state index contributed by atoms with van der Waals surface area (Å²) in [6.45, 7) is 0. The molecule has 3 rings (SSSR count). The highest BCUT2D eigenvalue weighted by molar-refractivity contribution is 9.10. The van der Waals surface area contributed by atoms with Crippen LogP contribution in [0.3, 0.4) is 0 Å². The molecule has 2 aromatic rings. The van der Waals surface area contributed by atoms with Crippen LogP contribution in [-0.2, 0) is 4.79 Å². The van der Waals surface area contributed by atoms with E-state index in [0.717, 1.165) is 28.7 Å². The molecule has 10 heteroatoms. The Balaban J connectivity index is 1.54. The fourth-order valence-corrected chi connectivity index (χ4v) is 3.40. The number of aromatic nitrogens is 3. The molecular weight excluding hydrogens is 406 g/mol. The van der Waals surface area contributed by atoms with Crippen LogP contribution in [0.25, 0.3) is 0 Å². The molecule has 0 spiro atoms. The highest BCUT2D eigenvalue weighted by Gasteiger charge is 2.14. The van der Waals surface area contributed by atoms with Crippen LogP contribution in [0.1, 0.15) is 25.7 Å². The predicted octanol–water partition coefficient (Wildman–Crippen LogP) is 2.83. The first-order valence-electron chi connectivity index (χ1n) is 7.82. The molecule has 1 aromatic carbocycles. The van der Waals surface area contributed by atoms with Gasteiger partial charge in [-0.15, -0.1) is 10.2 Å². The minimum Gasteiger partial charge on any atom is -0.334 e. The summed E-state index contributed by atoms with van der Waals surface area (Å²) < 4.78 is 2.13. The van der Waals surface area contributed by atoms with Gasteiger partial charge in [-0.3, -0.25) is 4.79 Å². The molecule has 0 radical (unpaired) electrons. The molecule has 0 aliphatic heterocycles. The van der Waals surface area contributed by atoms with Crippen LogP contribution in [0.4, 0.5) is 11.6 Å². The van der Waals surface area contributed by atoms with E-state index in [1.54, 1.807) is 0 Å². The lowest BCUT2D eigenvalue weighted by Gasteiger charge is -2.07. The maximum absolute atomic E-state index is 12.1. The molecule has 1 amide bonds. The number of nitrogens with two attached hydrogens (primary N) is 1. The Kier molecular flexibility index (Phi) is 5.92. The number of hydrazone groups is 1. The molecule has 0 unspecified atom stereocenters. The van der Waals surface area contributed by atoms with Gasteiger partial charge in [0, 0.05) is 10.2 Å². The van der Waals surface area contributed by atoms with Crippen molar-refractivity contribution < 1.29 is 4.79 Å². The third-order valence-corrected chi connectivity index (χ3v) is 5.27. The molecule has 1 saturated carbocycles. The van der Waals surface area contributed by atoms with Gasteiger partial charge in [0.15, 0.2) is 0 Å². The number of nitrogen functional groups attached to an aromatic ring is 1. The van der Waals surface area contributed by atoms with E-state index in [0.29, 0.717) is 11.1 Å². The molecule has 1 aliphatic carbocycles. The average molecular weight is 424 g/mol. The van der Waals surface area contributed by atoms with E-state index in [4.69, 9.17) is 5.84 Å². The first-order chi connectivity index (χ1) is 12.1. The number of nitrogens with one attached hydrogen (secondary N) is 2. The summed E-state index contributed by atoms with van der Waals surface area (Å²) in [5.41, 5.74) is 4.68. The van der Waals surface area contributed by atoms with Crippen LogP contribution in [0.15, 0.2) is 39.0 Å². The molecule has 1 aromatic heterocycles. The van der Waals surface area contributed by atoms with Gasteiger partial charge in [0.05, 0.1) is 11.4 Å². The SMILES string of the molecule is Nn1c(NN=C2CCCC2)nnc1SCC(=O)Nc1ccccc1Br. The summed E-state index contributed by atoms with van der Waals surface area (Å²) in [5.74, 6) is 6.33. The quantitative estimate of drug-likeness (QED) is 0.374. The van der Waals surface area contributed by atoms with Crippen molar-refractivity contribution in [1.29, 1.82) is 0 Å². The number of carbonyl (C=O) groups is 1. The maximum Gasteiger partial charge on any atom is 0.264 e. The van der Waals surface area contributed by atoms with E-state index in [9.17, 15) is 4.79 Å². The number of benzene rings is 1. The van der Waals surface area contributed by atoms with Gasteiger partial charge in [0.2, 0.25) is 11.1 Å². The lowest BCUT2D eigenvalue weighted by atomic mass is 10.3. The summed E-state index contributed by atoms with van der Waals surface area (Å²) in [6.07, 6.45) is 4.35. The number of halogens is 1. The molecule has 8 nitrogen and oxygen atoms in total. The van der Waals surface area contributed by atoms with E-state index in [-0.39, 0.29) is 11.7 Å². The number of rotatable bonds is 6. The number of thioether (sulfide) groups is 1. The minimum absolute atomic E-state index is 0.152. The first kappa shape index (κ1) is 17.7. The molecule has 1 heterocycles. The lowest BCUT2D eigenvalue weighted by molar-refractivity contribution is -0.113. The van der Waals surface area contributed by atoms with Crippen molar-refractivity contribution in [2.75, 3.05) is 22.3 Å². The van der Waals surface area contributed by atoms with E-state index >= 15 is 0 Å². The number of amides is 1.